The molecule has 0 saturated carbocycles. The first-order valence-corrected chi connectivity index (χ1v) is 5.27. The molecule has 0 aromatic heterocycles. The molecule has 0 aliphatic rings. The molecule has 0 spiro atoms. The van der Waals surface area contributed by atoms with Gasteiger partial charge in [0, 0.05) is 0 Å². The molecule has 78 valence electrons. The summed E-state index contributed by atoms with van der Waals surface area (Å²) < 4.78 is 0. The zero-order valence-corrected chi connectivity index (χ0v) is 9.21. The van der Waals surface area contributed by atoms with Crippen molar-refractivity contribution >= 4 is 5.97 Å². The molecule has 2 heteroatoms. The molecule has 1 N–H and O–H groups in total. The highest BCUT2D eigenvalue weighted by Crippen LogP contribution is 2.28. The van der Waals surface area contributed by atoms with Crippen LogP contribution in [0.25, 0.3) is 0 Å². The molecule has 0 aromatic carbocycles. The van der Waals surface area contributed by atoms with Gasteiger partial charge < -0.3 is 5.11 Å². The summed E-state index contributed by atoms with van der Waals surface area (Å²) in [6, 6.07) is 0. The third-order valence-corrected chi connectivity index (χ3v) is 2.75. The molecule has 0 aromatic rings. The van der Waals surface area contributed by atoms with Crippen LogP contribution < -0.4 is 0 Å². The van der Waals surface area contributed by atoms with Crippen LogP contribution in [0.15, 0.2) is 0 Å². The zero-order chi connectivity index (χ0) is 10.4. The van der Waals surface area contributed by atoms with Crippen LogP contribution >= 0.6 is 0 Å². The lowest BCUT2D eigenvalue weighted by molar-refractivity contribution is -0.144. The summed E-state index contributed by atoms with van der Waals surface area (Å²) in [5, 5.41) is 9.02. The van der Waals surface area contributed by atoms with E-state index in [4.69, 9.17) is 5.11 Å². The van der Waals surface area contributed by atoms with Gasteiger partial charge in [-0.1, -0.05) is 34.1 Å². The Hall–Kier alpha value is -0.530. The summed E-state index contributed by atoms with van der Waals surface area (Å²) >= 11 is 0. The van der Waals surface area contributed by atoms with Crippen LogP contribution in [0.4, 0.5) is 0 Å². The first-order valence-electron chi connectivity index (χ1n) is 5.27. The van der Waals surface area contributed by atoms with Crippen LogP contribution in [0.5, 0.6) is 0 Å². The number of rotatable bonds is 6. The van der Waals surface area contributed by atoms with E-state index in [1.54, 1.807) is 0 Å². The normalized spacial score (nSPS) is 15.8. The van der Waals surface area contributed by atoms with Gasteiger partial charge in [-0.2, -0.15) is 0 Å². The van der Waals surface area contributed by atoms with Gasteiger partial charge >= 0.3 is 5.97 Å². The number of hydrogen-bond donors (Lipinski definition) is 1. The Labute approximate surface area is 81.3 Å². The molecule has 0 fully saturated rings. The van der Waals surface area contributed by atoms with Gasteiger partial charge in [-0.3, -0.25) is 4.79 Å². The van der Waals surface area contributed by atoms with E-state index in [1.165, 1.54) is 0 Å². The van der Waals surface area contributed by atoms with Crippen molar-refractivity contribution in [2.75, 3.05) is 0 Å². The highest BCUT2D eigenvalue weighted by atomic mass is 16.4. The van der Waals surface area contributed by atoms with E-state index in [0.717, 1.165) is 19.3 Å². The molecule has 2 nitrogen and oxygen atoms in total. The Balaban J connectivity index is 4.38. The monoisotopic (exact) mass is 186 g/mol. The molecule has 0 rings (SSSR count). The average Bonchev–Trinajstić information content (AvgIpc) is 2.03. The minimum Gasteiger partial charge on any atom is -0.481 e. The SMILES string of the molecule is CCCC(C(C)C)C(CC)C(=O)O. The predicted molar refractivity (Wildman–Crippen MR) is 54.7 cm³/mol. The maximum Gasteiger partial charge on any atom is 0.306 e. The van der Waals surface area contributed by atoms with Crippen molar-refractivity contribution in [3.05, 3.63) is 0 Å². The van der Waals surface area contributed by atoms with Crippen LogP contribution in [-0.4, -0.2) is 11.1 Å². The van der Waals surface area contributed by atoms with Crippen molar-refractivity contribution in [3.63, 3.8) is 0 Å². The van der Waals surface area contributed by atoms with Crippen LogP contribution in [0.3, 0.4) is 0 Å². The van der Waals surface area contributed by atoms with E-state index in [2.05, 4.69) is 20.8 Å². The quantitative estimate of drug-likeness (QED) is 0.691. The Morgan fingerprint density at radius 1 is 1.31 bits per heavy atom. The largest absolute Gasteiger partial charge is 0.481 e. The second kappa shape index (κ2) is 6.01. The van der Waals surface area contributed by atoms with Gasteiger partial charge in [0.1, 0.15) is 0 Å². The Bertz CT molecular complexity index is 152. The van der Waals surface area contributed by atoms with E-state index in [1.807, 2.05) is 6.92 Å². The smallest absolute Gasteiger partial charge is 0.306 e. The molecule has 2 unspecified atom stereocenters. The topological polar surface area (TPSA) is 37.3 Å². The zero-order valence-electron chi connectivity index (χ0n) is 9.21. The number of aliphatic carboxylic acids is 1. The molecule has 0 aliphatic carbocycles. The summed E-state index contributed by atoms with van der Waals surface area (Å²) in [7, 11) is 0. The van der Waals surface area contributed by atoms with Gasteiger partial charge in [0.25, 0.3) is 0 Å². The van der Waals surface area contributed by atoms with Crippen molar-refractivity contribution in [2.45, 2.75) is 47.0 Å². The van der Waals surface area contributed by atoms with Crippen molar-refractivity contribution in [2.24, 2.45) is 17.8 Å². The fraction of sp³-hybridized carbons (Fsp3) is 0.909. The highest BCUT2D eigenvalue weighted by molar-refractivity contribution is 5.70. The molecule has 13 heavy (non-hydrogen) atoms. The first-order chi connectivity index (χ1) is 6.04. The van der Waals surface area contributed by atoms with Crippen LogP contribution in [0.2, 0.25) is 0 Å². The van der Waals surface area contributed by atoms with E-state index < -0.39 is 5.97 Å². The number of carboxylic acid groups (broad SMARTS) is 1. The van der Waals surface area contributed by atoms with Gasteiger partial charge in [-0.05, 0) is 24.7 Å². The molecule has 0 aliphatic heterocycles. The lowest BCUT2D eigenvalue weighted by atomic mass is 9.79. The summed E-state index contributed by atoms with van der Waals surface area (Å²) in [6.45, 7) is 8.31. The molecular weight excluding hydrogens is 164 g/mol. The second-order valence-corrected chi connectivity index (χ2v) is 4.05. The standard InChI is InChI=1S/C11H22O2/c1-5-7-10(8(3)4)9(6-2)11(12)13/h8-10H,5-7H2,1-4H3,(H,12,13). The molecule has 0 radical (unpaired) electrons. The van der Waals surface area contributed by atoms with Crippen molar-refractivity contribution < 1.29 is 9.90 Å². The molecule has 0 bridgehead atoms. The summed E-state index contributed by atoms with van der Waals surface area (Å²) in [4.78, 5) is 11.0. The van der Waals surface area contributed by atoms with Crippen molar-refractivity contribution in [1.82, 2.24) is 0 Å². The summed E-state index contributed by atoms with van der Waals surface area (Å²) in [5.74, 6) is 0.0306. The van der Waals surface area contributed by atoms with Gasteiger partial charge in [0.15, 0.2) is 0 Å². The highest BCUT2D eigenvalue weighted by Gasteiger charge is 2.27. The van der Waals surface area contributed by atoms with Crippen LogP contribution in [-0.2, 0) is 4.79 Å². The molecular formula is C11H22O2. The third kappa shape index (κ3) is 3.79. The number of carbonyl (C=O) groups is 1. The second-order valence-electron chi connectivity index (χ2n) is 4.05. The Morgan fingerprint density at radius 3 is 2.08 bits per heavy atom. The maximum atomic E-state index is 11.0. The Kier molecular flexibility index (Phi) is 5.76. The van der Waals surface area contributed by atoms with E-state index in [-0.39, 0.29) is 5.92 Å². The summed E-state index contributed by atoms with van der Waals surface area (Å²) in [5.41, 5.74) is 0. The van der Waals surface area contributed by atoms with Gasteiger partial charge in [0.05, 0.1) is 5.92 Å². The molecule has 0 amide bonds. The Morgan fingerprint density at radius 2 is 1.85 bits per heavy atom. The van der Waals surface area contributed by atoms with Crippen LogP contribution in [0.1, 0.15) is 47.0 Å². The maximum absolute atomic E-state index is 11.0. The molecule has 0 saturated heterocycles. The fourth-order valence-corrected chi connectivity index (χ4v) is 1.99. The van der Waals surface area contributed by atoms with Crippen molar-refractivity contribution in [1.29, 1.82) is 0 Å². The summed E-state index contributed by atoms with van der Waals surface area (Å²) in [6.07, 6.45) is 2.85. The number of hydrogen-bond acceptors (Lipinski definition) is 1. The average molecular weight is 186 g/mol. The lowest BCUT2D eigenvalue weighted by Crippen LogP contribution is -2.26. The minimum absolute atomic E-state index is 0.153. The van der Waals surface area contributed by atoms with Gasteiger partial charge in [-0.25, -0.2) is 0 Å². The number of carboxylic acids is 1. The minimum atomic E-state index is -0.630. The lowest BCUT2D eigenvalue weighted by Gasteiger charge is -2.26. The van der Waals surface area contributed by atoms with Gasteiger partial charge in [-0.15, -0.1) is 0 Å². The first kappa shape index (κ1) is 12.5. The third-order valence-electron chi connectivity index (χ3n) is 2.75. The van der Waals surface area contributed by atoms with Gasteiger partial charge in [0.2, 0.25) is 0 Å². The van der Waals surface area contributed by atoms with E-state index in [9.17, 15) is 4.79 Å². The van der Waals surface area contributed by atoms with Crippen LogP contribution in [0, 0.1) is 17.8 Å². The van der Waals surface area contributed by atoms with E-state index >= 15 is 0 Å². The fourth-order valence-electron chi connectivity index (χ4n) is 1.99. The predicted octanol–water partition coefficient (Wildman–Crippen LogP) is 3.17. The molecule has 2 atom stereocenters. The molecule has 0 heterocycles. The van der Waals surface area contributed by atoms with E-state index in [0.29, 0.717) is 11.8 Å². The van der Waals surface area contributed by atoms with Crippen molar-refractivity contribution in [3.8, 4) is 0 Å².